The van der Waals surface area contributed by atoms with E-state index >= 15 is 0 Å². The lowest BCUT2D eigenvalue weighted by Crippen LogP contribution is -2.02. The minimum Gasteiger partial charge on any atom is -0.366 e. The lowest BCUT2D eigenvalue weighted by molar-refractivity contribution is -0.384. The van der Waals surface area contributed by atoms with Crippen molar-refractivity contribution >= 4 is 11.5 Å². The Labute approximate surface area is 87.0 Å². The minimum absolute atomic E-state index is 0.0234. The standard InChI is InChI=1S/C9H12N4O2/c10-4-1-2-5-11-9-7-8(13(14)15)3-6-12-9/h1-3,6-7H,4-5,10H2,(H,11,12)/b2-1+. The molecule has 1 aromatic heterocycles. The molecule has 0 aliphatic rings. The summed E-state index contributed by atoms with van der Waals surface area (Å²) in [5.74, 6) is 0.478. The van der Waals surface area contributed by atoms with Gasteiger partial charge in [-0.2, -0.15) is 0 Å². The van der Waals surface area contributed by atoms with Crippen molar-refractivity contribution in [2.45, 2.75) is 0 Å². The molecule has 0 atom stereocenters. The van der Waals surface area contributed by atoms with Gasteiger partial charge in [0.2, 0.25) is 0 Å². The first-order valence-electron chi connectivity index (χ1n) is 4.43. The number of rotatable bonds is 5. The maximum Gasteiger partial charge on any atom is 0.274 e. The number of anilines is 1. The lowest BCUT2D eigenvalue weighted by Gasteiger charge is -2.00. The zero-order valence-electron chi connectivity index (χ0n) is 8.09. The van der Waals surface area contributed by atoms with Gasteiger partial charge in [0.05, 0.1) is 11.0 Å². The van der Waals surface area contributed by atoms with Gasteiger partial charge in [-0.25, -0.2) is 4.98 Å². The number of nitrogens with two attached hydrogens (primary N) is 1. The predicted molar refractivity (Wildman–Crippen MR) is 57.6 cm³/mol. The topological polar surface area (TPSA) is 94.1 Å². The summed E-state index contributed by atoms with van der Waals surface area (Å²) in [4.78, 5) is 13.9. The van der Waals surface area contributed by atoms with E-state index in [0.717, 1.165) is 0 Å². The van der Waals surface area contributed by atoms with Gasteiger partial charge in [0, 0.05) is 25.4 Å². The van der Waals surface area contributed by atoms with Crippen molar-refractivity contribution in [3.63, 3.8) is 0 Å². The smallest absolute Gasteiger partial charge is 0.274 e. The van der Waals surface area contributed by atoms with Gasteiger partial charge in [0.15, 0.2) is 0 Å². The van der Waals surface area contributed by atoms with E-state index in [1.54, 1.807) is 6.08 Å². The molecule has 0 unspecified atom stereocenters. The lowest BCUT2D eigenvalue weighted by atomic mass is 10.4. The Morgan fingerprint density at radius 2 is 2.40 bits per heavy atom. The summed E-state index contributed by atoms with van der Waals surface area (Å²) >= 11 is 0. The molecular weight excluding hydrogens is 196 g/mol. The van der Waals surface area contributed by atoms with E-state index in [0.29, 0.717) is 18.9 Å². The van der Waals surface area contributed by atoms with Crippen molar-refractivity contribution in [1.29, 1.82) is 0 Å². The summed E-state index contributed by atoms with van der Waals surface area (Å²) in [7, 11) is 0. The van der Waals surface area contributed by atoms with Crippen LogP contribution in [0.5, 0.6) is 0 Å². The second-order valence-electron chi connectivity index (χ2n) is 2.74. The molecule has 6 nitrogen and oxygen atoms in total. The number of nitro groups is 1. The van der Waals surface area contributed by atoms with Gasteiger partial charge in [-0.05, 0) is 0 Å². The first kappa shape index (κ1) is 11.1. The van der Waals surface area contributed by atoms with Crippen LogP contribution in [0.1, 0.15) is 0 Å². The van der Waals surface area contributed by atoms with E-state index in [-0.39, 0.29) is 5.69 Å². The molecule has 3 N–H and O–H groups in total. The first-order chi connectivity index (χ1) is 7.24. The van der Waals surface area contributed by atoms with Crippen LogP contribution in [0.4, 0.5) is 11.5 Å². The van der Waals surface area contributed by atoms with Crippen molar-refractivity contribution in [2.75, 3.05) is 18.4 Å². The summed E-state index contributed by atoms with van der Waals surface area (Å²) in [6, 6.07) is 2.73. The van der Waals surface area contributed by atoms with Crippen molar-refractivity contribution in [2.24, 2.45) is 5.73 Å². The highest BCUT2D eigenvalue weighted by molar-refractivity contribution is 5.44. The molecule has 0 radical (unpaired) electrons. The van der Waals surface area contributed by atoms with E-state index in [9.17, 15) is 10.1 Å². The highest BCUT2D eigenvalue weighted by atomic mass is 16.6. The number of aromatic nitrogens is 1. The summed E-state index contributed by atoms with van der Waals surface area (Å²) in [5, 5.41) is 13.4. The fourth-order valence-corrected chi connectivity index (χ4v) is 0.973. The molecule has 0 bridgehead atoms. The van der Waals surface area contributed by atoms with Crippen LogP contribution in [0.3, 0.4) is 0 Å². The van der Waals surface area contributed by atoms with E-state index in [1.807, 2.05) is 6.08 Å². The van der Waals surface area contributed by atoms with Crippen LogP contribution in [-0.4, -0.2) is 23.0 Å². The maximum atomic E-state index is 10.4. The Balaban J connectivity index is 2.58. The Morgan fingerprint density at radius 3 is 3.07 bits per heavy atom. The van der Waals surface area contributed by atoms with Crippen molar-refractivity contribution < 1.29 is 4.92 Å². The average molecular weight is 208 g/mol. The molecule has 6 heteroatoms. The molecule has 80 valence electrons. The van der Waals surface area contributed by atoms with E-state index < -0.39 is 4.92 Å². The molecule has 15 heavy (non-hydrogen) atoms. The molecule has 1 rings (SSSR count). The number of nitrogens with one attached hydrogen (secondary N) is 1. The summed E-state index contributed by atoms with van der Waals surface area (Å²) < 4.78 is 0. The Bertz CT molecular complexity index is 365. The third kappa shape index (κ3) is 3.74. The van der Waals surface area contributed by atoms with Crippen LogP contribution in [0, 0.1) is 10.1 Å². The van der Waals surface area contributed by atoms with Crippen LogP contribution in [0.25, 0.3) is 0 Å². The van der Waals surface area contributed by atoms with E-state index in [2.05, 4.69) is 10.3 Å². The first-order valence-corrected chi connectivity index (χ1v) is 4.43. The zero-order chi connectivity index (χ0) is 11.1. The molecule has 0 fully saturated rings. The molecule has 0 aromatic carbocycles. The van der Waals surface area contributed by atoms with Crippen molar-refractivity contribution in [3.8, 4) is 0 Å². The molecule has 0 aliphatic heterocycles. The third-order valence-corrected chi connectivity index (χ3v) is 1.66. The Kier molecular flexibility index (Phi) is 4.24. The normalized spacial score (nSPS) is 10.5. The SMILES string of the molecule is NC/C=C/CNc1cc([N+](=O)[O-])ccn1. The molecule has 0 aliphatic carbocycles. The quantitative estimate of drug-likeness (QED) is 0.426. The fraction of sp³-hybridized carbons (Fsp3) is 0.222. The fourth-order valence-electron chi connectivity index (χ4n) is 0.973. The largest absolute Gasteiger partial charge is 0.366 e. The van der Waals surface area contributed by atoms with Gasteiger partial charge in [-0.3, -0.25) is 10.1 Å². The van der Waals surface area contributed by atoms with Crippen LogP contribution >= 0.6 is 0 Å². The molecule has 0 saturated heterocycles. The summed E-state index contributed by atoms with van der Waals surface area (Å²) in [6.45, 7) is 1.02. The predicted octanol–water partition coefficient (Wildman–Crippen LogP) is 0.917. The van der Waals surface area contributed by atoms with Gasteiger partial charge in [-0.1, -0.05) is 12.2 Å². The van der Waals surface area contributed by atoms with Crippen LogP contribution < -0.4 is 11.1 Å². The molecule has 1 aromatic rings. The number of nitrogens with zero attached hydrogens (tertiary/aromatic N) is 2. The second kappa shape index (κ2) is 5.71. The van der Waals surface area contributed by atoms with Gasteiger partial charge in [0.1, 0.15) is 5.82 Å². The molecule has 1 heterocycles. The number of hydrogen-bond acceptors (Lipinski definition) is 5. The summed E-state index contributed by atoms with van der Waals surface area (Å²) in [5.41, 5.74) is 5.28. The Morgan fingerprint density at radius 1 is 1.60 bits per heavy atom. The number of hydrogen-bond donors (Lipinski definition) is 2. The molecule has 0 amide bonds. The van der Waals surface area contributed by atoms with Gasteiger partial charge in [0.25, 0.3) is 5.69 Å². The Hall–Kier alpha value is -1.95. The van der Waals surface area contributed by atoms with Crippen LogP contribution in [-0.2, 0) is 0 Å². The van der Waals surface area contributed by atoms with Gasteiger partial charge < -0.3 is 11.1 Å². The highest BCUT2D eigenvalue weighted by Gasteiger charge is 2.05. The van der Waals surface area contributed by atoms with Gasteiger partial charge in [-0.15, -0.1) is 0 Å². The highest BCUT2D eigenvalue weighted by Crippen LogP contribution is 2.13. The average Bonchev–Trinajstić information content (AvgIpc) is 2.25. The van der Waals surface area contributed by atoms with Crippen LogP contribution in [0.2, 0.25) is 0 Å². The minimum atomic E-state index is -0.456. The van der Waals surface area contributed by atoms with E-state index in [1.165, 1.54) is 18.3 Å². The van der Waals surface area contributed by atoms with E-state index in [4.69, 9.17) is 5.73 Å². The maximum absolute atomic E-state index is 10.4. The zero-order valence-corrected chi connectivity index (χ0v) is 8.09. The van der Waals surface area contributed by atoms with Crippen molar-refractivity contribution in [1.82, 2.24) is 4.98 Å². The second-order valence-corrected chi connectivity index (χ2v) is 2.74. The molecule has 0 saturated carbocycles. The van der Waals surface area contributed by atoms with Crippen molar-refractivity contribution in [3.05, 3.63) is 40.6 Å². The molecule has 0 spiro atoms. The third-order valence-electron chi connectivity index (χ3n) is 1.66. The summed E-state index contributed by atoms with van der Waals surface area (Å²) in [6.07, 6.45) is 5.03. The van der Waals surface area contributed by atoms with Crippen LogP contribution in [0.15, 0.2) is 30.5 Å². The monoisotopic (exact) mass is 208 g/mol. The van der Waals surface area contributed by atoms with Gasteiger partial charge >= 0.3 is 0 Å². The number of pyridine rings is 1. The molecular formula is C9H12N4O2.